The topological polar surface area (TPSA) is 96.2 Å². The summed E-state index contributed by atoms with van der Waals surface area (Å²) in [5, 5.41) is 4.84. The van der Waals surface area contributed by atoms with Crippen molar-refractivity contribution in [2.75, 3.05) is 6.61 Å². The van der Waals surface area contributed by atoms with Crippen molar-refractivity contribution in [2.24, 2.45) is 0 Å². The molecule has 5 rings (SSSR count). The first-order chi connectivity index (χ1) is 17.7. The monoisotopic (exact) mass is 498 g/mol. The van der Waals surface area contributed by atoms with Gasteiger partial charge in [-0.2, -0.15) is 13.8 Å². The van der Waals surface area contributed by atoms with Crippen molar-refractivity contribution in [1.82, 2.24) is 18.5 Å². The van der Waals surface area contributed by atoms with Crippen LogP contribution in [0.2, 0.25) is 0 Å². The lowest BCUT2D eigenvalue weighted by Gasteiger charge is -2.11. The summed E-state index contributed by atoms with van der Waals surface area (Å²) in [7, 11) is 0. The fraction of sp³-hybridized carbons (Fsp3) is 0.148. The molecule has 5 aromatic rings. The molecule has 0 aliphatic heterocycles. The van der Waals surface area contributed by atoms with E-state index in [9.17, 15) is 9.59 Å². The van der Waals surface area contributed by atoms with Crippen LogP contribution in [-0.2, 0) is 22.5 Å². The van der Waals surface area contributed by atoms with E-state index in [1.807, 2.05) is 60.7 Å². The molecule has 0 bridgehead atoms. The minimum Gasteiger partial charge on any atom is -0.462 e. The van der Waals surface area contributed by atoms with E-state index < -0.39 is 5.97 Å². The molecule has 0 atom stereocenters. The number of nitrogens with zero attached hydrogens (tertiary/aromatic N) is 4. The molecule has 0 aliphatic carbocycles. The van der Waals surface area contributed by atoms with Gasteiger partial charge >= 0.3 is 5.97 Å². The molecule has 36 heavy (non-hydrogen) atoms. The van der Waals surface area contributed by atoms with Crippen molar-refractivity contribution in [3.05, 3.63) is 95.1 Å². The molecule has 8 nitrogen and oxygen atoms in total. The second kappa shape index (κ2) is 10.5. The Balaban J connectivity index is 1.62. The third-order valence-electron chi connectivity index (χ3n) is 5.74. The summed E-state index contributed by atoms with van der Waals surface area (Å²) >= 11 is 1.17. The number of carbonyl (C=O) groups excluding carboxylic acids is 2. The van der Waals surface area contributed by atoms with E-state index in [-0.39, 0.29) is 13.2 Å². The first-order valence-corrected chi connectivity index (χ1v) is 12.1. The Kier molecular flexibility index (Phi) is 6.81. The number of benzene rings is 3. The Morgan fingerprint density at radius 2 is 1.78 bits per heavy atom. The molecule has 0 aliphatic rings. The van der Waals surface area contributed by atoms with Crippen LogP contribution in [0.25, 0.3) is 22.3 Å². The molecule has 3 aromatic carbocycles. The lowest BCUT2D eigenvalue weighted by Crippen LogP contribution is -2.12. The predicted octanol–water partition coefficient (Wildman–Crippen LogP) is 4.91. The minimum absolute atomic E-state index is 0.215. The molecule has 0 fully saturated rings. The first-order valence-electron chi connectivity index (χ1n) is 11.4. The van der Waals surface area contributed by atoms with E-state index in [0.717, 1.165) is 27.7 Å². The number of rotatable bonds is 9. The summed E-state index contributed by atoms with van der Waals surface area (Å²) in [6.45, 7) is 2.65. The van der Waals surface area contributed by atoms with Gasteiger partial charge in [-0.3, -0.25) is 4.79 Å². The van der Waals surface area contributed by atoms with Crippen molar-refractivity contribution < 1.29 is 19.1 Å². The number of hydrogen-bond donors (Lipinski definition) is 0. The molecule has 0 saturated carbocycles. The van der Waals surface area contributed by atoms with Crippen LogP contribution in [0.4, 0.5) is 0 Å². The minimum atomic E-state index is -0.410. The van der Waals surface area contributed by atoms with Gasteiger partial charge in [0, 0.05) is 17.5 Å². The zero-order chi connectivity index (χ0) is 24.9. The fourth-order valence-electron chi connectivity index (χ4n) is 4.12. The average molecular weight is 499 g/mol. The number of carbonyl (C=O) groups is 2. The highest BCUT2D eigenvalue weighted by Crippen LogP contribution is 2.34. The van der Waals surface area contributed by atoms with Crippen molar-refractivity contribution in [3.8, 4) is 17.1 Å². The largest absolute Gasteiger partial charge is 0.462 e. The van der Waals surface area contributed by atoms with Crippen molar-refractivity contribution in [3.63, 3.8) is 0 Å². The summed E-state index contributed by atoms with van der Waals surface area (Å²) in [5.41, 5.74) is 6.11. The van der Waals surface area contributed by atoms with Crippen LogP contribution in [0.5, 0.6) is 5.88 Å². The quantitative estimate of drug-likeness (QED) is 0.211. The number of esters is 1. The second-order valence-electron chi connectivity index (χ2n) is 8.01. The summed E-state index contributed by atoms with van der Waals surface area (Å²) in [5.74, 6) is -0.0918. The number of fused-ring (bicyclic) bond motifs is 1. The third kappa shape index (κ3) is 4.73. The Hall–Kier alpha value is -4.37. The predicted molar refractivity (Wildman–Crippen MR) is 136 cm³/mol. The molecule has 0 radical (unpaired) electrons. The van der Waals surface area contributed by atoms with Gasteiger partial charge in [0.1, 0.15) is 11.0 Å². The van der Waals surface area contributed by atoms with Crippen LogP contribution in [-0.4, -0.2) is 37.6 Å². The van der Waals surface area contributed by atoms with Gasteiger partial charge in [0.25, 0.3) is 6.47 Å². The average Bonchev–Trinajstić information content (AvgIpc) is 3.50. The number of hydrogen-bond acceptors (Lipinski definition) is 8. The zero-order valence-electron chi connectivity index (χ0n) is 19.5. The van der Waals surface area contributed by atoms with Crippen LogP contribution in [0.15, 0.2) is 72.8 Å². The van der Waals surface area contributed by atoms with E-state index in [4.69, 9.17) is 14.6 Å². The molecular weight excluding hydrogens is 476 g/mol. The molecule has 0 N–H and O–H groups in total. The van der Waals surface area contributed by atoms with Gasteiger partial charge < -0.3 is 9.47 Å². The van der Waals surface area contributed by atoms with E-state index in [1.165, 1.54) is 11.7 Å². The SMILES string of the molecule is CCOC(=O)c1ccccc1Cn1nc(-c2ccccc2)c(Cc2ccc3nsnc3c2)c1OC=O. The number of ether oxygens (including phenoxy) is 2. The highest BCUT2D eigenvalue weighted by molar-refractivity contribution is 7.00. The third-order valence-corrected chi connectivity index (χ3v) is 6.29. The molecule has 2 heterocycles. The molecule has 9 heteroatoms. The lowest BCUT2D eigenvalue weighted by atomic mass is 10.0. The fourth-order valence-corrected chi connectivity index (χ4v) is 4.64. The maximum Gasteiger partial charge on any atom is 0.338 e. The van der Waals surface area contributed by atoms with Crippen molar-refractivity contribution in [2.45, 2.75) is 19.9 Å². The summed E-state index contributed by atoms with van der Waals surface area (Å²) < 4.78 is 21.0. The summed E-state index contributed by atoms with van der Waals surface area (Å²) in [6, 6.07) is 22.8. The van der Waals surface area contributed by atoms with Crippen LogP contribution >= 0.6 is 11.7 Å². The number of aromatic nitrogens is 4. The van der Waals surface area contributed by atoms with E-state index in [1.54, 1.807) is 23.7 Å². The Bertz CT molecular complexity index is 1530. The van der Waals surface area contributed by atoms with E-state index in [2.05, 4.69) is 8.75 Å². The van der Waals surface area contributed by atoms with Gasteiger partial charge in [0.2, 0.25) is 5.88 Å². The van der Waals surface area contributed by atoms with Gasteiger partial charge in [0.05, 0.1) is 36.1 Å². The van der Waals surface area contributed by atoms with E-state index >= 15 is 0 Å². The molecule has 0 amide bonds. The van der Waals surface area contributed by atoms with Crippen LogP contribution in [0.1, 0.15) is 34.0 Å². The maximum absolute atomic E-state index is 12.5. The summed E-state index contributed by atoms with van der Waals surface area (Å²) in [6.07, 6.45) is 0.459. The molecular formula is C27H22N4O4S. The van der Waals surface area contributed by atoms with Gasteiger partial charge in [-0.1, -0.05) is 54.6 Å². The molecule has 0 unspecified atom stereocenters. The van der Waals surface area contributed by atoms with Gasteiger partial charge in [-0.05, 0) is 36.2 Å². The Morgan fingerprint density at radius 1 is 1.00 bits per heavy atom. The zero-order valence-corrected chi connectivity index (χ0v) is 20.3. The van der Waals surface area contributed by atoms with E-state index in [0.29, 0.717) is 35.6 Å². The normalized spacial score (nSPS) is 10.9. The molecule has 0 spiro atoms. The second-order valence-corrected chi connectivity index (χ2v) is 8.54. The van der Waals surface area contributed by atoms with Crippen molar-refractivity contribution >= 4 is 35.2 Å². The van der Waals surface area contributed by atoms with Gasteiger partial charge in [0.15, 0.2) is 0 Å². The van der Waals surface area contributed by atoms with Gasteiger partial charge in [-0.25, -0.2) is 9.48 Å². The smallest absolute Gasteiger partial charge is 0.338 e. The van der Waals surface area contributed by atoms with Crippen LogP contribution in [0.3, 0.4) is 0 Å². The lowest BCUT2D eigenvalue weighted by molar-refractivity contribution is -0.121. The molecule has 180 valence electrons. The first kappa shape index (κ1) is 23.4. The van der Waals surface area contributed by atoms with Crippen LogP contribution in [0, 0.1) is 0 Å². The maximum atomic E-state index is 12.5. The highest BCUT2D eigenvalue weighted by Gasteiger charge is 2.23. The van der Waals surface area contributed by atoms with Gasteiger partial charge in [-0.15, -0.1) is 0 Å². The Morgan fingerprint density at radius 3 is 2.58 bits per heavy atom. The standard InChI is InChI=1S/C27H22N4O4S/c1-2-34-27(33)21-11-7-6-10-20(21)16-31-26(35-17-32)22(25(28-31)19-8-4-3-5-9-19)14-18-12-13-23-24(15-18)30-36-29-23/h3-13,15,17H,2,14,16H2,1H3. The molecule has 2 aromatic heterocycles. The summed E-state index contributed by atoms with van der Waals surface area (Å²) in [4.78, 5) is 24.1. The highest BCUT2D eigenvalue weighted by atomic mass is 32.1. The van der Waals surface area contributed by atoms with Crippen molar-refractivity contribution in [1.29, 1.82) is 0 Å². The Labute approximate surface area is 211 Å². The van der Waals surface area contributed by atoms with Crippen LogP contribution < -0.4 is 4.74 Å². The molecule has 0 saturated heterocycles.